The highest BCUT2D eigenvalue weighted by molar-refractivity contribution is 7.15. The van der Waals surface area contributed by atoms with Crippen molar-refractivity contribution in [3.05, 3.63) is 59.5 Å². The second kappa shape index (κ2) is 5.35. The predicted molar refractivity (Wildman–Crippen MR) is 86.8 cm³/mol. The van der Waals surface area contributed by atoms with Gasteiger partial charge < -0.3 is 11.5 Å². The van der Waals surface area contributed by atoms with Gasteiger partial charge in [-0.2, -0.15) is 0 Å². The number of fused-ring (bicyclic) bond motifs is 1. The van der Waals surface area contributed by atoms with Crippen molar-refractivity contribution in [2.45, 2.75) is 6.54 Å². The van der Waals surface area contributed by atoms with Crippen molar-refractivity contribution in [2.24, 2.45) is 16.5 Å². The molecule has 3 nitrogen and oxygen atoms in total. The lowest BCUT2D eigenvalue weighted by Gasteiger charge is -2.01. The molecular weight excluding hydrogens is 266 g/mol. The monoisotopic (exact) mass is 281 g/mol. The number of hydrogen-bond donors (Lipinski definition) is 2. The molecular formula is C16H15N3S. The molecule has 0 radical (unpaired) electrons. The summed E-state index contributed by atoms with van der Waals surface area (Å²) in [7, 11) is 0. The SMILES string of the molecule is NC(N)=NCc1ccc(-c2ccc3ccccc3c2)s1. The summed E-state index contributed by atoms with van der Waals surface area (Å²) in [5.74, 6) is 0.130. The van der Waals surface area contributed by atoms with Crippen LogP contribution < -0.4 is 11.5 Å². The molecule has 1 heterocycles. The van der Waals surface area contributed by atoms with E-state index in [0.717, 1.165) is 4.88 Å². The number of rotatable bonds is 3. The third kappa shape index (κ3) is 2.65. The first-order valence-electron chi connectivity index (χ1n) is 6.36. The second-order valence-electron chi connectivity index (χ2n) is 4.57. The molecule has 1 aromatic heterocycles. The highest BCUT2D eigenvalue weighted by Gasteiger charge is 2.03. The zero-order valence-electron chi connectivity index (χ0n) is 10.9. The van der Waals surface area contributed by atoms with Gasteiger partial charge in [0.05, 0.1) is 6.54 Å². The van der Waals surface area contributed by atoms with Crippen molar-refractivity contribution in [2.75, 3.05) is 0 Å². The van der Waals surface area contributed by atoms with Crippen LogP contribution in [-0.2, 0) is 6.54 Å². The van der Waals surface area contributed by atoms with E-state index in [9.17, 15) is 0 Å². The molecule has 0 amide bonds. The van der Waals surface area contributed by atoms with Crippen LogP contribution in [0.1, 0.15) is 4.88 Å². The molecule has 0 saturated carbocycles. The Labute approximate surface area is 121 Å². The molecule has 0 aliphatic rings. The molecule has 3 rings (SSSR count). The van der Waals surface area contributed by atoms with E-state index in [1.807, 2.05) is 0 Å². The Hall–Kier alpha value is -2.33. The fourth-order valence-corrected chi connectivity index (χ4v) is 3.06. The van der Waals surface area contributed by atoms with E-state index < -0.39 is 0 Å². The molecule has 0 aliphatic heterocycles. The molecule has 3 aromatic rings. The molecule has 0 atom stereocenters. The lowest BCUT2D eigenvalue weighted by Crippen LogP contribution is -2.22. The smallest absolute Gasteiger partial charge is 0.186 e. The highest BCUT2D eigenvalue weighted by atomic mass is 32.1. The van der Waals surface area contributed by atoms with Gasteiger partial charge in [-0.15, -0.1) is 11.3 Å². The minimum atomic E-state index is 0.130. The molecule has 0 fully saturated rings. The van der Waals surface area contributed by atoms with Crippen molar-refractivity contribution >= 4 is 28.1 Å². The molecule has 0 aliphatic carbocycles. The Balaban J connectivity index is 1.92. The summed E-state index contributed by atoms with van der Waals surface area (Å²) in [6.07, 6.45) is 0. The van der Waals surface area contributed by atoms with Crippen molar-refractivity contribution in [1.29, 1.82) is 0 Å². The van der Waals surface area contributed by atoms with Crippen molar-refractivity contribution in [3.8, 4) is 10.4 Å². The van der Waals surface area contributed by atoms with Crippen LogP contribution in [0.15, 0.2) is 59.6 Å². The van der Waals surface area contributed by atoms with Gasteiger partial charge in [-0.3, -0.25) is 0 Å². The minimum absolute atomic E-state index is 0.130. The first-order chi connectivity index (χ1) is 9.72. The lowest BCUT2D eigenvalue weighted by atomic mass is 10.1. The van der Waals surface area contributed by atoms with Crippen molar-refractivity contribution in [3.63, 3.8) is 0 Å². The average Bonchev–Trinajstić information content (AvgIpc) is 2.93. The van der Waals surface area contributed by atoms with E-state index in [-0.39, 0.29) is 5.96 Å². The van der Waals surface area contributed by atoms with Crippen LogP contribution >= 0.6 is 11.3 Å². The molecule has 4 N–H and O–H groups in total. The van der Waals surface area contributed by atoms with E-state index in [0.29, 0.717) is 6.54 Å². The summed E-state index contributed by atoms with van der Waals surface area (Å²) >= 11 is 1.72. The van der Waals surface area contributed by atoms with Gasteiger partial charge in [-0.1, -0.05) is 36.4 Å². The standard InChI is InChI=1S/C16H15N3S/c17-16(18)19-10-14-7-8-15(20-14)13-6-5-11-3-1-2-4-12(11)9-13/h1-9H,10H2,(H4,17,18,19). The molecule has 4 heteroatoms. The summed E-state index contributed by atoms with van der Waals surface area (Å²) in [4.78, 5) is 6.42. The van der Waals surface area contributed by atoms with Gasteiger partial charge in [-0.05, 0) is 34.5 Å². The normalized spacial score (nSPS) is 10.6. The Bertz CT molecular complexity index is 770. The number of aliphatic imine (C=N–C) groups is 1. The van der Waals surface area contributed by atoms with Gasteiger partial charge in [0, 0.05) is 9.75 Å². The van der Waals surface area contributed by atoms with Crippen LogP contribution in [0.25, 0.3) is 21.2 Å². The minimum Gasteiger partial charge on any atom is -0.370 e. The summed E-state index contributed by atoms with van der Waals surface area (Å²) in [6, 6.07) is 19.1. The summed E-state index contributed by atoms with van der Waals surface area (Å²) < 4.78 is 0. The number of guanidine groups is 1. The van der Waals surface area contributed by atoms with E-state index in [2.05, 4.69) is 59.6 Å². The largest absolute Gasteiger partial charge is 0.370 e. The van der Waals surface area contributed by atoms with Gasteiger partial charge in [0.2, 0.25) is 0 Å². The fourth-order valence-electron chi connectivity index (χ4n) is 2.13. The number of nitrogens with zero attached hydrogens (tertiary/aromatic N) is 1. The predicted octanol–water partition coefficient (Wildman–Crippen LogP) is 3.34. The third-order valence-electron chi connectivity index (χ3n) is 3.11. The van der Waals surface area contributed by atoms with Crippen molar-refractivity contribution < 1.29 is 0 Å². The Kier molecular flexibility index (Phi) is 3.39. The van der Waals surface area contributed by atoms with Crippen LogP contribution in [0.5, 0.6) is 0 Å². The maximum atomic E-state index is 5.35. The molecule has 0 saturated heterocycles. The number of benzene rings is 2. The van der Waals surface area contributed by atoms with E-state index in [1.165, 1.54) is 21.2 Å². The van der Waals surface area contributed by atoms with Crippen LogP contribution in [0.2, 0.25) is 0 Å². The molecule has 2 aromatic carbocycles. The van der Waals surface area contributed by atoms with Crippen LogP contribution in [-0.4, -0.2) is 5.96 Å². The molecule has 0 bridgehead atoms. The Morgan fingerprint density at radius 3 is 2.55 bits per heavy atom. The summed E-state index contributed by atoms with van der Waals surface area (Å²) in [5, 5.41) is 2.51. The maximum Gasteiger partial charge on any atom is 0.186 e. The average molecular weight is 281 g/mol. The number of thiophene rings is 1. The second-order valence-corrected chi connectivity index (χ2v) is 5.74. The number of nitrogens with two attached hydrogens (primary N) is 2. The van der Waals surface area contributed by atoms with E-state index in [1.54, 1.807) is 11.3 Å². The lowest BCUT2D eigenvalue weighted by molar-refractivity contribution is 1.09. The van der Waals surface area contributed by atoms with Crippen LogP contribution in [0.3, 0.4) is 0 Å². The van der Waals surface area contributed by atoms with Gasteiger partial charge in [0.1, 0.15) is 0 Å². The summed E-state index contributed by atoms with van der Waals surface area (Å²) in [6.45, 7) is 0.542. The quantitative estimate of drug-likeness (QED) is 0.571. The molecule has 0 spiro atoms. The maximum absolute atomic E-state index is 5.35. The first kappa shape index (κ1) is 12.7. The summed E-state index contributed by atoms with van der Waals surface area (Å²) in [5.41, 5.74) is 11.9. The van der Waals surface area contributed by atoms with Crippen molar-refractivity contribution in [1.82, 2.24) is 0 Å². The Morgan fingerprint density at radius 2 is 1.75 bits per heavy atom. The van der Waals surface area contributed by atoms with E-state index in [4.69, 9.17) is 11.5 Å². The van der Waals surface area contributed by atoms with Gasteiger partial charge in [0.25, 0.3) is 0 Å². The van der Waals surface area contributed by atoms with Gasteiger partial charge in [0.15, 0.2) is 5.96 Å². The van der Waals surface area contributed by atoms with Gasteiger partial charge >= 0.3 is 0 Å². The molecule has 0 unspecified atom stereocenters. The zero-order chi connectivity index (χ0) is 13.9. The van der Waals surface area contributed by atoms with Gasteiger partial charge in [-0.25, -0.2) is 4.99 Å². The molecule has 20 heavy (non-hydrogen) atoms. The first-order valence-corrected chi connectivity index (χ1v) is 7.17. The van der Waals surface area contributed by atoms with E-state index >= 15 is 0 Å². The third-order valence-corrected chi connectivity index (χ3v) is 4.23. The topological polar surface area (TPSA) is 64.4 Å². The zero-order valence-corrected chi connectivity index (χ0v) is 11.7. The molecule has 100 valence electrons. The van der Waals surface area contributed by atoms with Crippen LogP contribution in [0, 0.1) is 0 Å². The van der Waals surface area contributed by atoms with Crippen LogP contribution in [0.4, 0.5) is 0 Å². The number of hydrogen-bond acceptors (Lipinski definition) is 2. The Morgan fingerprint density at radius 1 is 0.950 bits per heavy atom. The fraction of sp³-hybridized carbons (Fsp3) is 0.0625. The highest BCUT2D eigenvalue weighted by Crippen LogP contribution is 2.30.